The van der Waals surface area contributed by atoms with Crippen LogP contribution in [0.4, 0.5) is 5.82 Å². The molecule has 18 heavy (non-hydrogen) atoms. The molecule has 2 heterocycles. The summed E-state index contributed by atoms with van der Waals surface area (Å²) in [4.78, 5) is 3.92. The molecule has 5 nitrogen and oxygen atoms in total. The van der Waals surface area contributed by atoms with Crippen molar-refractivity contribution in [3.63, 3.8) is 0 Å². The van der Waals surface area contributed by atoms with Gasteiger partial charge in [-0.3, -0.25) is 4.72 Å². The van der Waals surface area contributed by atoms with Crippen LogP contribution in [0.3, 0.4) is 0 Å². The summed E-state index contributed by atoms with van der Waals surface area (Å²) in [6.07, 6.45) is 3.27. The van der Waals surface area contributed by atoms with E-state index in [0.717, 1.165) is 12.8 Å². The molecule has 7 heteroatoms. The Hall–Kier alpha value is -0.850. The van der Waals surface area contributed by atoms with Crippen molar-refractivity contribution in [3.8, 4) is 0 Å². The lowest BCUT2D eigenvalue weighted by atomic mass is 10.0. The Kier molecular flexibility index (Phi) is 4.09. The van der Waals surface area contributed by atoms with Gasteiger partial charge < -0.3 is 0 Å². The Bertz CT molecular complexity index is 513. The van der Waals surface area contributed by atoms with Gasteiger partial charge in [0, 0.05) is 19.3 Å². The van der Waals surface area contributed by atoms with Crippen molar-refractivity contribution in [2.45, 2.75) is 19.8 Å². The van der Waals surface area contributed by atoms with Gasteiger partial charge in [-0.1, -0.05) is 18.5 Å². The number of halogens is 1. The van der Waals surface area contributed by atoms with Gasteiger partial charge in [0.2, 0.25) is 0 Å². The van der Waals surface area contributed by atoms with Crippen LogP contribution in [0, 0.1) is 5.92 Å². The highest BCUT2D eigenvalue weighted by molar-refractivity contribution is 7.90. The van der Waals surface area contributed by atoms with Crippen molar-refractivity contribution in [1.82, 2.24) is 9.29 Å². The minimum absolute atomic E-state index is 0.179. The molecule has 1 aliphatic rings. The van der Waals surface area contributed by atoms with E-state index >= 15 is 0 Å². The number of rotatable bonds is 3. The number of anilines is 1. The Morgan fingerprint density at radius 1 is 1.44 bits per heavy atom. The zero-order chi connectivity index (χ0) is 13.2. The van der Waals surface area contributed by atoms with Crippen molar-refractivity contribution in [2.75, 3.05) is 17.8 Å². The molecule has 0 amide bonds. The molecule has 0 aliphatic carbocycles. The fraction of sp³-hybridized carbons (Fsp3) is 0.545. The largest absolute Gasteiger partial charge is 0.302 e. The minimum atomic E-state index is -3.55. The molecule has 1 aromatic heterocycles. The van der Waals surface area contributed by atoms with Gasteiger partial charge in [0.05, 0.1) is 5.02 Å². The van der Waals surface area contributed by atoms with Gasteiger partial charge >= 0.3 is 10.2 Å². The normalized spacial score (nSPS) is 18.8. The number of nitrogens with one attached hydrogen (secondary N) is 1. The molecule has 1 saturated heterocycles. The summed E-state index contributed by atoms with van der Waals surface area (Å²) in [7, 11) is -3.55. The van der Waals surface area contributed by atoms with Crippen LogP contribution >= 0.6 is 11.6 Å². The van der Waals surface area contributed by atoms with Gasteiger partial charge in [0.15, 0.2) is 5.82 Å². The van der Waals surface area contributed by atoms with Crippen LogP contribution in [0.1, 0.15) is 19.8 Å². The van der Waals surface area contributed by atoms with E-state index < -0.39 is 10.2 Å². The third-order valence-corrected chi connectivity index (χ3v) is 4.87. The molecule has 0 radical (unpaired) electrons. The van der Waals surface area contributed by atoms with Crippen LogP contribution in [-0.2, 0) is 10.2 Å². The highest BCUT2D eigenvalue weighted by Crippen LogP contribution is 2.22. The Morgan fingerprint density at radius 3 is 2.72 bits per heavy atom. The fourth-order valence-electron chi connectivity index (χ4n) is 1.87. The number of hydrogen-bond donors (Lipinski definition) is 1. The zero-order valence-corrected chi connectivity index (χ0v) is 11.7. The predicted octanol–water partition coefficient (Wildman–Crippen LogP) is 2.12. The second-order valence-electron chi connectivity index (χ2n) is 4.52. The van der Waals surface area contributed by atoms with Crippen molar-refractivity contribution in [2.24, 2.45) is 5.92 Å². The fourth-order valence-corrected chi connectivity index (χ4v) is 3.33. The van der Waals surface area contributed by atoms with Crippen molar-refractivity contribution < 1.29 is 8.42 Å². The maximum atomic E-state index is 12.1. The lowest BCUT2D eigenvalue weighted by Gasteiger charge is -2.29. The zero-order valence-electron chi connectivity index (χ0n) is 10.1. The van der Waals surface area contributed by atoms with E-state index in [-0.39, 0.29) is 5.82 Å². The first kappa shape index (κ1) is 13.6. The van der Waals surface area contributed by atoms with Crippen LogP contribution in [0.2, 0.25) is 5.02 Å². The molecular weight excluding hydrogens is 274 g/mol. The average Bonchev–Trinajstić information content (AvgIpc) is 2.32. The first-order valence-electron chi connectivity index (χ1n) is 5.87. The van der Waals surface area contributed by atoms with Crippen LogP contribution in [0.25, 0.3) is 0 Å². The van der Waals surface area contributed by atoms with E-state index in [9.17, 15) is 8.42 Å². The Morgan fingerprint density at radius 2 is 2.11 bits per heavy atom. The summed E-state index contributed by atoms with van der Waals surface area (Å²) >= 11 is 5.88. The summed E-state index contributed by atoms with van der Waals surface area (Å²) in [5.74, 6) is 0.757. The van der Waals surface area contributed by atoms with Gasteiger partial charge in [-0.05, 0) is 30.9 Å². The second kappa shape index (κ2) is 5.42. The van der Waals surface area contributed by atoms with Gasteiger partial charge in [0.25, 0.3) is 0 Å². The minimum Gasteiger partial charge on any atom is -0.253 e. The first-order chi connectivity index (χ1) is 8.49. The number of nitrogens with zero attached hydrogens (tertiary/aromatic N) is 2. The van der Waals surface area contributed by atoms with Crippen molar-refractivity contribution in [1.29, 1.82) is 0 Å². The lowest BCUT2D eigenvalue weighted by molar-refractivity contribution is 0.289. The van der Waals surface area contributed by atoms with Crippen LogP contribution in [0.15, 0.2) is 18.3 Å². The van der Waals surface area contributed by atoms with Crippen molar-refractivity contribution in [3.05, 3.63) is 23.4 Å². The quantitative estimate of drug-likeness (QED) is 0.927. The molecule has 0 spiro atoms. The molecule has 0 atom stereocenters. The maximum absolute atomic E-state index is 12.1. The molecule has 0 saturated carbocycles. The first-order valence-corrected chi connectivity index (χ1v) is 7.69. The average molecular weight is 290 g/mol. The SMILES string of the molecule is CC1CCN(S(=O)(=O)Nc2ncccc2Cl)CC1. The number of hydrogen-bond acceptors (Lipinski definition) is 3. The molecule has 0 aromatic carbocycles. The smallest absolute Gasteiger partial charge is 0.253 e. The highest BCUT2D eigenvalue weighted by Gasteiger charge is 2.27. The van der Waals surface area contributed by atoms with Crippen LogP contribution in [-0.4, -0.2) is 30.8 Å². The standard InChI is InChI=1S/C11H16ClN3O2S/c1-9-4-7-15(8-5-9)18(16,17)14-11-10(12)3-2-6-13-11/h2-3,6,9H,4-5,7-8H2,1H3,(H,13,14). The van der Waals surface area contributed by atoms with Gasteiger partial charge in [-0.25, -0.2) is 4.98 Å². The highest BCUT2D eigenvalue weighted by atomic mass is 35.5. The van der Waals surface area contributed by atoms with E-state index in [2.05, 4.69) is 16.6 Å². The van der Waals surface area contributed by atoms with Crippen molar-refractivity contribution >= 4 is 27.6 Å². The molecule has 1 N–H and O–H groups in total. The summed E-state index contributed by atoms with van der Waals surface area (Å²) < 4.78 is 28.1. The van der Waals surface area contributed by atoms with E-state index in [1.54, 1.807) is 12.1 Å². The van der Waals surface area contributed by atoms with E-state index in [0.29, 0.717) is 24.0 Å². The lowest BCUT2D eigenvalue weighted by Crippen LogP contribution is -2.41. The summed E-state index contributed by atoms with van der Waals surface area (Å²) in [6, 6.07) is 3.26. The topological polar surface area (TPSA) is 62.3 Å². The van der Waals surface area contributed by atoms with Gasteiger partial charge in [0.1, 0.15) is 0 Å². The molecule has 100 valence electrons. The van der Waals surface area contributed by atoms with Crippen LogP contribution in [0.5, 0.6) is 0 Å². The molecule has 1 fully saturated rings. The maximum Gasteiger partial charge on any atom is 0.302 e. The number of pyridine rings is 1. The third-order valence-electron chi connectivity index (χ3n) is 3.07. The second-order valence-corrected chi connectivity index (χ2v) is 6.60. The summed E-state index contributed by atoms with van der Waals surface area (Å²) in [5.41, 5.74) is 0. The third kappa shape index (κ3) is 3.13. The Labute approximate surface area is 112 Å². The molecule has 2 rings (SSSR count). The van der Waals surface area contributed by atoms with E-state index in [4.69, 9.17) is 11.6 Å². The van der Waals surface area contributed by atoms with Gasteiger partial charge in [-0.2, -0.15) is 12.7 Å². The van der Waals surface area contributed by atoms with E-state index in [1.807, 2.05) is 0 Å². The number of piperidine rings is 1. The predicted molar refractivity (Wildman–Crippen MR) is 71.8 cm³/mol. The van der Waals surface area contributed by atoms with Crippen LogP contribution < -0.4 is 4.72 Å². The summed E-state index contributed by atoms with van der Waals surface area (Å²) in [5, 5.41) is 0.298. The van der Waals surface area contributed by atoms with E-state index in [1.165, 1.54) is 10.5 Å². The molecule has 0 unspecified atom stereocenters. The molecule has 1 aromatic rings. The van der Waals surface area contributed by atoms with Gasteiger partial charge in [-0.15, -0.1) is 0 Å². The molecule has 1 aliphatic heterocycles. The molecular formula is C11H16ClN3O2S. The summed E-state index contributed by atoms with van der Waals surface area (Å²) in [6.45, 7) is 3.22. The monoisotopic (exact) mass is 289 g/mol. The molecule has 0 bridgehead atoms. The number of aromatic nitrogens is 1. The Balaban J connectivity index is 2.10.